The lowest BCUT2D eigenvalue weighted by Gasteiger charge is -2.09. The van der Waals surface area contributed by atoms with Crippen LogP contribution in [-0.4, -0.2) is 33.2 Å². The van der Waals surface area contributed by atoms with Gasteiger partial charge in [-0.1, -0.05) is 54.6 Å². The van der Waals surface area contributed by atoms with Crippen molar-refractivity contribution in [3.8, 4) is 22.5 Å². The molecule has 128 valence electrons. The fourth-order valence-corrected chi connectivity index (χ4v) is 3.04. The van der Waals surface area contributed by atoms with E-state index in [4.69, 9.17) is 0 Å². The molecule has 0 saturated carbocycles. The Morgan fingerprint density at radius 3 is 2.46 bits per heavy atom. The molecular weight excluding hydrogens is 322 g/mol. The molecule has 5 nitrogen and oxygen atoms in total. The number of aromatic amines is 1. The van der Waals surface area contributed by atoms with Crippen LogP contribution in [0.5, 0.6) is 0 Å². The van der Waals surface area contributed by atoms with E-state index in [0.29, 0.717) is 0 Å². The molecule has 0 aliphatic carbocycles. The first-order valence-corrected chi connectivity index (χ1v) is 8.48. The molecule has 0 unspecified atom stereocenters. The van der Waals surface area contributed by atoms with Crippen molar-refractivity contribution < 1.29 is 0 Å². The maximum atomic E-state index is 4.29. The molecule has 0 aliphatic heterocycles. The third-order valence-electron chi connectivity index (χ3n) is 4.31. The quantitative estimate of drug-likeness (QED) is 0.557. The lowest BCUT2D eigenvalue weighted by atomic mass is 10.0. The van der Waals surface area contributed by atoms with E-state index in [0.717, 1.165) is 23.6 Å². The first kappa shape index (κ1) is 16.0. The van der Waals surface area contributed by atoms with Crippen LogP contribution < -0.4 is 0 Å². The van der Waals surface area contributed by atoms with Gasteiger partial charge in [0.05, 0.1) is 11.9 Å². The minimum absolute atomic E-state index is 0.742. The van der Waals surface area contributed by atoms with Crippen molar-refractivity contribution in [2.24, 2.45) is 4.99 Å². The summed E-state index contributed by atoms with van der Waals surface area (Å²) in [4.78, 5) is 4.04. The maximum absolute atomic E-state index is 4.29. The second-order valence-corrected chi connectivity index (χ2v) is 6.03. The highest BCUT2D eigenvalue weighted by molar-refractivity contribution is 5.85. The van der Waals surface area contributed by atoms with Crippen LogP contribution in [-0.2, 0) is 6.54 Å². The molecule has 0 amide bonds. The summed E-state index contributed by atoms with van der Waals surface area (Å²) in [5, 5.41) is 11.1. The van der Waals surface area contributed by atoms with Gasteiger partial charge in [-0.3, -0.25) is 4.99 Å². The van der Waals surface area contributed by atoms with Crippen LogP contribution in [0, 0.1) is 0 Å². The Morgan fingerprint density at radius 2 is 1.69 bits per heavy atom. The second kappa shape index (κ2) is 7.19. The van der Waals surface area contributed by atoms with Crippen molar-refractivity contribution >= 4 is 6.21 Å². The normalized spacial score (nSPS) is 11.3. The maximum Gasteiger partial charge on any atom is 0.138 e. The van der Waals surface area contributed by atoms with Gasteiger partial charge < -0.3 is 4.57 Å². The molecule has 0 atom stereocenters. The van der Waals surface area contributed by atoms with E-state index in [2.05, 4.69) is 79.7 Å². The Hall–Kier alpha value is -3.47. The van der Waals surface area contributed by atoms with Gasteiger partial charge in [0.25, 0.3) is 0 Å². The Bertz CT molecular complexity index is 1010. The highest BCUT2D eigenvalue weighted by Gasteiger charge is 2.12. The van der Waals surface area contributed by atoms with Crippen LogP contribution in [0.15, 0.2) is 77.9 Å². The first-order chi connectivity index (χ1) is 12.8. The van der Waals surface area contributed by atoms with E-state index in [1.807, 2.05) is 18.2 Å². The largest absolute Gasteiger partial charge is 0.342 e. The molecule has 0 spiro atoms. The summed E-state index contributed by atoms with van der Waals surface area (Å²) in [5.41, 5.74) is 6.25. The zero-order valence-electron chi connectivity index (χ0n) is 14.5. The van der Waals surface area contributed by atoms with Crippen LogP contribution in [0.3, 0.4) is 0 Å². The molecule has 0 fully saturated rings. The number of nitrogens with zero attached hydrogens (tertiary/aromatic N) is 4. The van der Waals surface area contributed by atoms with E-state index in [9.17, 15) is 0 Å². The monoisotopic (exact) mass is 341 g/mol. The van der Waals surface area contributed by atoms with E-state index >= 15 is 0 Å². The number of benzene rings is 2. The smallest absolute Gasteiger partial charge is 0.138 e. The van der Waals surface area contributed by atoms with Gasteiger partial charge in [0, 0.05) is 19.8 Å². The van der Waals surface area contributed by atoms with E-state index in [1.165, 1.54) is 16.7 Å². The van der Waals surface area contributed by atoms with E-state index in [-0.39, 0.29) is 0 Å². The standard InChI is InChI=1S/C21H19N5/c1-22-14-19-21(24-25-23-19)20-8-5-13-26(20)15-16-9-11-18(12-10-16)17-6-3-2-4-7-17/h2-14H,15H2,1H3,(H,23,24,25). The SMILES string of the molecule is CN=Cc1n[nH]nc1-c1cccn1Cc1ccc(-c2ccccc2)cc1. The molecule has 26 heavy (non-hydrogen) atoms. The van der Waals surface area contributed by atoms with Crippen molar-refractivity contribution in [2.75, 3.05) is 7.05 Å². The lowest BCUT2D eigenvalue weighted by Crippen LogP contribution is -2.01. The number of hydrogen-bond donors (Lipinski definition) is 1. The summed E-state index contributed by atoms with van der Waals surface area (Å²) >= 11 is 0. The van der Waals surface area contributed by atoms with Gasteiger partial charge in [-0.05, 0) is 28.8 Å². The number of nitrogens with one attached hydrogen (secondary N) is 1. The predicted molar refractivity (Wildman–Crippen MR) is 104 cm³/mol. The van der Waals surface area contributed by atoms with Crippen LogP contribution in [0.1, 0.15) is 11.3 Å². The number of hydrogen-bond acceptors (Lipinski definition) is 3. The zero-order valence-corrected chi connectivity index (χ0v) is 14.5. The van der Waals surface area contributed by atoms with Crippen molar-refractivity contribution in [3.05, 3.63) is 84.2 Å². The summed E-state index contributed by atoms with van der Waals surface area (Å²) in [6.07, 6.45) is 3.77. The fraction of sp³-hybridized carbons (Fsp3) is 0.0952. The topological polar surface area (TPSA) is 58.9 Å². The van der Waals surface area contributed by atoms with Gasteiger partial charge in [-0.2, -0.15) is 15.4 Å². The van der Waals surface area contributed by atoms with Gasteiger partial charge in [-0.15, -0.1) is 0 Å². The van der Waals surface area contributed by atoms with Crippen molar-refractivity contribution in [2.45, 2.75) is 6.54 Å². The van der Waals surface area contributed by atoms with Crippen LogP contribution in [0.4, 0.5) is 0 Å². The molecule has 5 heteroatoms. The molecule has 4 aromatic rings. The van der Waals surface area contributed by atoms with E-state index in [1.54, 1.807) is 13.3 Å². The Morgan fingerprint density at radius 1 is 0.923 bits per heavy atom. The van der Waals surface area contributed by atoms with Crippen LogP contribution in [0.2, 0.25) is 0 Å². The van der Waals surface area contributed by atoms with E-state index < -0.39 is 0 Å². The molecule has 0 saturated heterocycles. The molecule has 4 rings (SSSR count). The average Bonchev–Trinajstić information content (AvgIpc) is 3.32. The predicted octanol–water partition coefficient (Wildman–Crippen LogP) is 4.04. The van der Waals surface area contributed by atoms with Gasteiger partial charge in [0.15, 0.2) is 0 Å². The highest BCUT2D eigenvalue weighted by atomic mass is 15.3. The fourth-order valence-electron chi connectivity index (χ4n) is 3.04. The minimum atomic E-state index is 0.742. The molecule has 0 bridgehead atoms. The van der Waals surface area contributed by atoms with Crippen molar-refractivity contribution in [1.82, 2.24) is 20.0 Å². The molecule has 2 heterocycles. The number of H-pyrrole nitrogens is 1. The number of rotatable bonds is 5. The lowest BCUT2D eigenvalue weighted by molar-refractivity contribution is 0.810. The Balaban J connectivity index is 1.59. The summed E-state index contributed by atoms with van der Waals surface area (Å²) < 4.78 is 2.17. The van der Waals surface area contributed by atoms with Gasteiger partial charge in [-0.25, -0.2) is 0 Å². The second-order valence-electron chi connectivity index (χ2n) is 6.03. The van der Waals surface area contributed by atoms with Crippen molar-refractivity contribution in [3.63, 3.8) is 0 Å². The summed E-state index contributed by atoms with van der Waals surface area (Å²) in [6.45, 7) is 0.771. The first-order valence-electron chi connectivity index (χ1n) is 8.48. The van der Waals surface area contributed by atoms with Gasteiger partial charge >= 0.3 is 0 Å². The average molecular weight is 341 g/mol. The molecule has 2 aromatic carbocycles. The number of aromatic nitrogens is 4. The number of aliphatic imine (C=N–C) groups is 1. The highest BCUT2D eigenvalue weighted by Crippen LogP contribution is 2.23. The molecule has 2 aromatic heterocycles. The third-order valence-corrected chi connectivity index (χ3v) is 4.31. The van der Waals surface area contributed by atoms with Crippen LogP contribution >= 0.6 is 0 Å². The molecule has 0 aliphatic rings. The summed E-state index contributed by atoms with van der Waals surface area (Å²) in [5.74, 6) is 0. The molecule has 0 radical (unpaired) electrons. The summed E-state index contributed by atoms with van der Waals surface area (Å²) in [6, 6.07) is 23.1. The molecule has 1 N–H and O–H groups in total. The molecular formula is C21H19N5. The van der Waals surface area contributed by atoms with Gasteiger partial charge in [0.1, 0.15) is 11.4 Å². The Labute approximate surface area is 152 Å². The minimum Gasteiger partial charge on any atom is -0.342 e. The van der Waals surface area contributed by atoms with Crippen LogP contribution in [0.25, 0.3) is 22.5 Å². The summed E-state index contributed by atoms with van der Waals surface area (Å²) in [7, 11) is 1.73. The van der Waals surface area contributed by atoms with Crippen molar-refractivity contribution in [1.29, 1.82) is 0 Å². The Kier molecular flexibility index (Phi) is 4.43. The third kappa shape index (κ3) is 3.19. The van der Waals surface area contributed by atoms with Gasteiger partial charge in [0.2, 0.25) is 0 Å². The zero-order chi connectivity index (χ0) is 17.8.